The predicted octanol–water partition coefficient (Wildman–Crippen LogP) is 3.72. The average Bonchev–Trinajstić information content (AvgIpc) is 3.02. The first-order valence-electron chi connectivity index (χ1n) is 9.48. The van der Waals surface area contributed by atoms with E-state index in [4.69, 9.17) is 24.2 Å². The lowest BCUT2D eigenvalue weighted by Crippen LogP contribution is -2.36. The molecule has 4 rings (SSSR count). The highest BCUT2D eigenvalue weighted by Gasteiger charge is 2.19. The number of methoxy groups -OCH3 is 1. The zero-order valence-corrected chi connectivity index (χ0v) is 17.5. The second-order valence-corrected chi connectivity index (χ2v) is 8.12. The van der Waals surface area contributed by atoms with Crippen molar-refractivity contribution in [2.75, 3.05) is 33.4 Å². The predicted molar refractivity (Wildman–Crippen MR) is 111 cm³/mol. The highest BCUT2D eigenvalue weighted by Crippen LogP contribution is 2.36. The van der Waals surface area contributed by atoms with Gasteiger partial charge in [-0.1, -0.05) is 6.07 Å². The molecule has 0 unspecified atom stereocenters. The van der Waals surface area contributed by atoms with Gasteiger partial charge in [0, 0.05) is 18.0 Å². The van der Waals surface area contributed by atoms with Crippen LogP contribution in [-0.4, -0.2) is 54.3 Å². The van der Waals surface area contributed by atoms with Gasteiger partial charge in [0.1, 0.15) is 16.4 Å². The Labute approximate surface area is 173 Å². The van der Waals surface area contributed by atoms with Gasteiger partial charge in [-0.25, -0.2) is 9.78 Å². The van der Waals surface area contributed by atoms with Gasteiger partial charge in [-0.05, 0) is 37.6 Å². The van der Waals surface area contributed by atoms with E-state index in [-0.39, 0.29) is 0 Å². The van der Waals surface area contributed by atoms with E-state index < -0.39 is 5.97 Å². The fourth-order valence-electron chi connectivity index (χ4n) is 3.27. The SMILES string of the molecule is COC(=O)c1cccc(Oc2nc(CN3CCOCC3)nc3sc(C)c(C)c23)c1. The Morgan fingerprint density at radius 2 is 2.03 bits per heavy atom. The van der Waals surface area contributed by atoms with Crippen LogP contribution in [0.25, 0.3) is 10.2 Å². The molecule has 0 spiro atoms. The highest BCUT2D eigenvalue weighted by molar-refractivity contribution is 7.18. The van der Waals surface area contributed by atoms with E-state index in [0.717, 1.165) is 47.9 Å². The van der Waals surface area contributed by atoms with Gasteiger partial charge in [0.2, 0.25) is 5.88 Å². The van der Waals surface area contributed by atoms with Crippen LogP contribution in [0.15, 0.2) is 24.3 Å². The molecule has 29 heavy (non-hydrogen) atoms. The number of carbonyl (C=O) groups excluding carboxylic acids is 1. The number of rotatable bonds is 5. The van der Waals surface area contributed by atoms with Crippen LogP contribution >= 0.6 is 11.3 Å². The van der Waals surface area contributed by atoms with Gasteiger partial charge in [-0.2, -0.15) is 4.98 Å². The lowest BCUT2D eigenvalue weighted by Gasteiger charge is -2.25. The standard InChI is InChI=1S/C21H23N3O4S/c1-13-14(2)29-20-18(13)19(22-17(23-20)12-24-7-9-27-10-8-24)28-16-6-4-5-15(11-16)21(25)26-3/h4-6,11H,7-10,12H2,1-3H3. The number of benzene rings is 1. The van der Waals surface area contributed by atoms with E-state index in [0.29, 0.717) is 23.7 Å². The van der Waals surface area contributed by atoms with Crippen molar-refractivity contribution in [2.45, 2.75) is 20.4 Å². The molecule has 1 fully saturated rings. The van der Waals surface area contributed by atoms with Crippen molar-refractivity contribution in [1.29, 1.82) is 0 Å². The summed E-state index contributed by atoms with van der Waals surface area (Å²) in [7, 11) is 1.36. The summed E-state index contributed by atoms with van der Waals surface area (Å²) >= 11 is 1.64. The number of aryl methyl sites for hydroxylation is 2. The zero-order valence-electron chi connectivity index (χ0n) is 16.7. The number of thiophene rings is 1. The number of hydrogen-bond acceptors (Lipinski definition) is 8. The second-order valence-electron chi connectivity index (χ2n) is 6.92. The average molecular weight is 413 g/mol. The van der Waals surface area contributed by atoms with Gasteiger partial charge in [-0.15, -0.1) is 11.3 Å². The molecule has 0 N–H and O–H groups in total. The molecule has 3 heterocycles. The highest BCUT2D eigenvalue weighted by atomic mass is 32.1. The van der Waals surface area contributed by atoms with Crippen molar-refractivity contribution in [3.63, 3.8) is 0 Å². The van der Waals surface area contributed by atoms with Crippen LogP contribution in [0.4, 0.5) is 0 Å². The molecule has 1 aromatic carbocycles. The number of morpholine rings is 1. The largest absolute Gasteiger partial charge is 0.465 e. The Kier molecular flexibility index (Phi) is 5.75. The van der Waals surface area contributed by atoms with Gasteiger partial charge < -0.3 is 14.2 Å². The number of aromatic nitrogens is 2. The van der Waals surface area contributed by atoms with Crippen LogP contribution in [0.5, 0.6) is 11.6 Å². The van der Waals surface area contributed by atoms with Crippen molar-refractivity contribution in [1.82, 2.24) is 14.9 Å². The molecule has 0 aliphatic carbocycles. The third-order valence-corrected chi connectivity index (χ3v) is 6.08. The Hall–Kier alpha value is -2.55. The maximum atomic E-state index is 11.8. The molecule has 1 aliphatic rings. The number of ether oxygens (including phenoxy) is 3. The van der Waals surface area contributed by atoms with E-state index in [1.807, 2.05) is 0 Å². The number of nitrogens with zero attached hydrogens (tertiary/aromatic N) is 3. The second kappa shape index (κ2) is 8.44. The Balaban J connectivity index is 1.70. The Morgan fingerprint density at radius 1 is 1.24 bits per heavy atom. The molecule has 8 heteroatoms. The molecule has 1 saturated heterocycles. The lowest BCUT2D eigenvalue weighted by molar-refractivity contribution is 0.0330. The Morgan fingerprint density at radius 3 is 2.79 bits per heavy atom. The van der Waals surface area contributed by atoms with Crippen molar-refractivity contribution in [3.05, 3.63) is 46.1 Å². The minimum absolute atomic E-state index is 0.404. The lowest BCUT2D eigenvalue weighted by atomic mass is 10.2. The van der Waals surface area contributed by atoms with Crippen LogP contribution in [-0.2, 0) is 16.0 Å². The van der Waals surface area contributed by atoms with Crippen molar-refractivity contribution in [3.8, 4) is 11.6 Å². The van der Waals surface area contributed by atoms with Gasteiger partial charge in [-0.3, -0.25) is 4.90 Å². The van der Waals surface area contributed by atoms with E-state index in [2.05, 4.69) is 18.7 Å². The summed E-state index contributed by atoms with van der Waals surface area (Å²) in [6, 6.07) is 6.92. The quantitative estimate of drug-likeness (QED) is 0.590. The van der Waals surface area contributed by atoms with Gasteiger partial charge in [0.25, 0.3) is 0 Å². The maximum Gasteiger partial charge on any atom is 0.337 e. The molecule has 0 saturated carbocycles. The normalized spacial score (nSPS) is 14.9. The molecule has 0 bridgehead atoms. The van der Waals surface area contributed by atoms with Crippen LogP contribution in [0.2, 0.25) is 0 Å². The zero-order chi connectivity index (χ0) is 20.4. The third-order valence-electron chi connectivity index (χ3n) is 4.98. The fourth-order valence-corrected chi connectivity index (χ4v) is 4.31. The van der Waals surface area contributed by atoms with Crippen LogP contribution in [0.1, 0.15) is 26.6 Å². The van der Waals surface area contributed by atoms with E-state index >= 15 is 0 Å². The summed E-state index contributed by atoms with van der Waals surface area (Å²) in [6.45, 7) is 7.95. The molecular weight excluding hydrogens is 390 g/mol. The molecule has 0 radical (unpaired) electrons. The van der Waals surface area contributed by atoms with E-state index in [9.17, 15) is 4.79 Å². The first kappa shape index (κ1) is 19.8. The molecule has 152 valence electrons. The molecule has 0 atom stereocenters. The summed E-state index contributed by atoms with van der Waals surface area (Å²) in [5.74, 6) is 1.37. The van der Waals surface area contributed by atoms with E-state index in [1.165, 1.54) is 12.0 Å². The number of esters is 1. The first-order chi connectivity index (χ1) is 14.0. The summed E-state index contributed by atoms with van der Waals surface area (Å²) in [6.07, 6.45) is 0. The third kappa shape index (κ3) is 4.24. The van der Waals surface area contributed by atoms with Crippen LogP contribution < -0.4 is 4.74 Å². The Bertz CT molecular complexity index is 1040. The maximum absolute atomic E-state index is 11.8. The van der Waals surface area contributed by atoms with Crippen molar-refractivity contribution >= 4 is 27.5 Å². The first-order valence-corrected chi connectivity index (χ1v) is 10.3. The van der Waals surface area contributed by atoms with E-state index in [1.54, 1.807) is 35.6 Å². The van der Waals surface area contributed by atoms with Crippen LogP contribution in [0.3, 0.4) is 0 Å². The topological polar surface area (TPSA) is 73.8 Å². The van der Waals surface area contributed by atoms with Crippen molar-refractivity contribution in [2.24, 2.45) is 0 Å². The summed E-state index contributed by atoms with van der Waals surface area (Å²) in [5, 5.41) is 0.918. The molecule has 0 amide bonds. The number of hydrogen-bond donors (Lipinski definition) is 0. The number of fused-ring (bicyclic) bond motifs is 1. The molecule has 7 nitrogen and oxygen atoms in total. The molecule has 3 aromatic rings. The molecular formula is C21H23N3O4S. The van der Waals surface area contributed by atoms with Gasteiger partial charge in [0.05, 0.1) is 37.8 Å². The summed E-state index contributed by atoms with van der Waals surface area (Å²) in [4.78, 5) is 25.7. The van der Waals surface area contributed by atoms with Crippen molar-refractivity contribution < 1.29 is 19.0 Å². The fraction of sp³-hybridized carbons (Fsp3) is 0.381. The molecule has 2 aromatic heterocycles. The monoisotopic (exact) mass is 413 g/mol. The summed E-state index contributed by atoms with van der Waals surface area (Å²) in [5.41, 5.74) is 1.55. The van der Waals surface area contributed by atoms with Crippen LogP contribution in [0, 0.1) is 13.8 Å². The van der Waals surface area contributed by atoms with Gasteiger partial charge in [0.15, 0.2) is 0 Å². The smallest absolute Gasteiger partial charge is 0.337 e. The summed E-state index contributed by atoms with van der Waals surface area (Å²) < 4.78 is 16.4. The number of carbonyl (C=O) groups is 1. The minimum Gasteiger partial charge on any atom is -0.465 e. The minimum atomic E-state index is -0.404. The molecule has 1 aliphatic heterocycles. The van der Waals surface area contributed by atoms with Gasteiger partial charge >= 0.3 is 5.97 Å².